The SMILES string of the molecule is COCC1CCC(N(C)/C=C(/C)C(=O)NC=O)O1. The van der Waals surface area contributed by atoms with Gasteiger partial charge in [-0.3, -0.25) is 14.9 Å². The molecule has 2 atom stereocenters. The molecule has 18 heavy (non-hydrogen) atoms. The van der Waals surface area contributed by atoms with Crippen molar-refractivity contribution in [3.63, 3.8) is 0 Å². The number of carbonyl (C=O) groups is 2. The van der Waals surface area contributed by atoms with Crippen LogP contribution in [0.2, 0.25) is 0 Å². The highest BCUT2D eigenvalue weighted by molar-refractivity contribution is 5.98. The van der Waals surface area contributed by atoms with E-state index in [1.165, 1.54) is 0 Å². The average molecular weight is 256 g/mol. The predicted molar refractivity (Wildman–Crippen MR) is 65.5 cm³/mol. The van der Waals surface area contributed by atoms with Crippen LogP contribution in [0.15, 0.2) is 11.8 Å². The van der Waals surface area contributed by atoms with E-state index in [2.05, 4.69) is 5.32 Å². The van der Waals surface area contributed by atoms with Gasteiger partial charge in [0.05, 0.1) is 12.7 Å². The van der Waals surface area contributed by atoms with Crippen LogP contribution in [0.3, 0.4) is 0 Å². The van der Waals surface area contributed by atoms with Crippen LogP contribution in [0.4, 0.5) is 0 Å². The standard InChI is InChI=1S/C12H20N2O4/c1-9(12(16)13-8-15)6-14(2)11-5-4-10(18-11)7-17-3/h6,8,10-11H,4-5,7H2,1-3H3,(H,13,15,16)/b9-6-. The van der Waals surface area contributed by atoms with Crippen LogP contribution in [-0.4, -0.2) is 50.3 Å². The zero-order chi connectivity index (χ0) is 13.5. The number of amides is 2. The van der Waals surface area contributed by atoms with Crippen molar-refractivity contribution in [1.82, 2.24) is 10.2 Å². The molecule has 0 spiro atoms. The zero-order valence-corrected chi connectivity index (χ0v) is 11.0. The van der Waals surface area contributed by atoms with E-state index < -0.39 is 5.91 Å². The van der Waals surface area contributed by atoms with Crippen molar-refractivity contribution < 1.29 is 19.1 Å². The number of hydrogen-bond donors (Lipinski definition) is 1. The van der Waals surface area contributed by atoms with E-state index in [0.717, 1.165) is 12.8 Å². The summed E-state index contributed by atoms with van der Waals surface area (Å²) in [6, 6.07) is 0. The molecule has 0 saturated carbocycles. The minimum Gasteiger partial charge on any atom is -0.382 e. The molecule has 0 aromatic heterocycles. The van der Waals surface area contributed by atoms with Gasteiger partial charge in [0, 0.05) is 25.9 Å². The van der Waals surface area contributed by atoms with Gasteiger partial charge < -0.3 is 14.4 Å². The van der Waals surface area contributed by atoms with Gasteiger partial charge in [-0.25, -0.2) is 0 Å². The fraction of sp³-hybridized carbons (Fsp3) is 0.667. The maximum Gasteiger partial charge on any atom is 0.254 e. The number of nitrogens with one attached hydrogen (secondary N) is 1. The highest BCUT2D eigenvalue weighted by atomic mass is 16.5. The highest BCUT2D eigenvalue weighted by Gasteiger charge is 2.27. The summed E-state index contributed by atoms with van der Waals surface area (Å²) in [6.07, 6.45) is 3.95. The Morgan fingerprint density at radius 3 is 2.89 bits per heavy atom. The van der Waals surface area contributed by atoms with E-state index in [1.807, 2.05) is 11.9 Å². The number of carbonyl (C=O) groups excluding carboxylic acids is 2. The van der Waals surface area contributed by atoms with Crippen LogP contribution < -0.4 is 5.32 Å². The Morgan fingerprint density at radius 2 is 2.28 bits per heavy atom. The third-order valence-electron chi connectivity index (χ3n) is 2.84. The summed E-state index contributed by atoms with van der Waals surface area (Å²) in [4.78, 5) is 23.4. The fourth-order valence-corrected chi connectivity index (χ4v) is 1.91. The quantitative estimate of drug-likeness (QED) is 0.545. The van der Waals surface area contributed by atoms with Crippen molar-refractivity contribution in [1.29, 1.82) is 0 Å². The molecule has 1 rings (SSSR count). The zero-order valence-electron chi connectivity index (χ0n) is 11.0. The van der Waals surface area contributed by atoms with Crippen LogP contribution >= 0.6 is 0 Å². The molecule has 6 heteroatoms. The molecule has 2 unspecified atom stereocenters. The second kappa shape index (κ2) is 7.13. The van der Waals surface area contributed by atoms with E-state index in [9.17, 15) is 9.59 Å². The second-order valence-corrected chi connectivity index (χ2v) is 4.31. The molecule has 1 fully saturated rings. The first-order valence-electron chi connectivity index (χ1n) is 5.87. The van der Waals surface area contributed by atoms with Crippen molar-refractivity contribution in [3.8, 4) is 0 Å². The summed E-state index contributed by atoms with van der Waals surface area (Å²) in [7, 11) is 3.49. The number of methoxy groups -OCH3 is 1. The van der Waals surface area contributed by atoms with Gasteiger partial charge in [0.2, 0.25) is 6.41 Å². The van der Waals surface area contributed by atoms with Crippen molar-refractivity contribution in [2.45, 2.75) is 32.1 Å². The first-order valence-corrected chi connectivity index (χ1v) is 5.87. The van der Waals surface area contributed by atoms with E-state index in [1.54, 1.807) is 20.2 Å². The first kappa shape index (κ1) is 14.7. The number of imide groups is 1. The highest BCUT2D eigenvalue weighted by Crippen LogP contribution is 2.22. The maximum atomic E-state index is 11.4. The summed E-state index contributed by atoms with van der Waals surface area (Å²) < 4.78 is 10.8. The van der Waals surface area contributed by atoms with Crippen LogP contribution in [0.25, 0.3) is 0 Å². The van der Waals surface area contributed by atoms with Crippen molar-refractivity contribution >= 4 is 12.3 Å². The average Bonchev–Trinajstić information content (AvgIpc) is 2.78. The number of nitrogens with zero attached hydrogens (tertiary/aromatic N) is 1. The Morgan fingerprint density at radius 1 is 1.56 bits per heavy atom. The van der Waals surface area contributed by atoms with Crippen LogP contribution in [0.5, 0.6) is 0 Å². The van der Waals surface area contributed by atoms with Crippen LogP contribution in [0, 0.1) is 0 Å². The molecule has 6 nitrogen and oxygen atoms in total. The maximum absolute atomic E-state index is 11.4. The number of rotatable bonds is 6. The Labute approximate surface area is 107 Å². The molecule has 0 bridgehead atoms. The Kier molecular flexibility index (Phi) is 5.80. The van der Waals surface area contributed by atoms with Gasteiger partial charge in [-0.05, 0) is 19.8 Å². The van der Waals surface area contributed by atoms with Gasteiger partial charge in [-0.15, -0.1) is 0 Å². The molecule has 1 aliphatic rings. The molecule has 0 aromatic rings. The van der Waals surface area contributed by atoms with Crippen molar-refractivity contribution in [2.75, 3.05) is 20.8 Å². The molecule has 0 aromatic carbocycles. The second-order valence-electron chi connectivity index (χ2n) is 4.31. The van der Waals surface area contributed by atoms with Crippen molar-refractivity contribution in [3.05, 3.63) is 11.8 Å². The molecule has 1 saturated heterocycles. The predicted octanol–water partition coefficient (Wildman–Crippen LogP) is 0.246. The van der Waals surface area contributed by atoms with Gasteiger partial charge in [0.15, 0.2) is 0 Å². The first-order chi connectivity index (χ1) is 8.58. The molecule has 2 amide bonds. The third-order valence-corrected chi connectivity index (χ3v) is 2.84. The molecule has 102 valence electrons. The lowest BCUT2D eigenvalue weighted by molar-refractivity contribution is -0.122. The third kappa shape index (κ3) is 4.12. The van der Waals surface area contributed by atoms with Gasteiger partial charge in [-0.2, -0.15) is 0 Å². The molecule has 1 heterocycles. The summed E-state index contributed by atoms with van der Waals surface area (Å²) in [6.45, 7) is 2.23. The molecule has 0 radical (unpaired) electrons. The topological polar surface area (TPSA) is 67.9 Å². The summed E-state index contributed by atoms with van der Waals surface area (Å²) in [5.41, 5.74) is 0.461. The fourth-order valence-electron chi connectivity index (χ4n) is 1.91. The van der Waals surface area contributed by atoms with E-state index in [4.69, 9.17) is 9.47 Å². The van der Waals surface area contributed by atoms with E-state index in [0.29, 0.717) is 18.6 Å². The van der Waals surface area contributed by atoms with Gasteiger partial charge in [0.1, 0.15) is 6.23 Å². The summed E-state index contributed by atoms with van der Waals surface area (Å²) >= 11 is 0. The number of ether oxygens (including phenoxy) is 2. The Balaban J connectivity index is 2.50. The molecule has 1 aliphatic heterocycles. The molecule has 0 aliphatic carbocycles. The molecular formula is C12H20N2O4. The van der Waals surface area contributed by atoms with Gasteiger partial charge in [-0.1, -0.05) is 0 Å². The van der Waals surface area contributed by atoms with Crippen LogP contribution in [-0.2, 0) is 19.1 Å². The lowest BCUT2D eigenvalue weighted by Gasteiger charge is -2.23. The Bertz CT molecular complexity index is 330. The number of hydrogen-bond acceptors (Lipinski definition) is 5. The van der Waals surface area contributed by atoms with E-state index >= 15 is 0 Å². The minimum atomic E-state index is -0.400. The van der Waals surface area contributed by atoms with Gasteiger partial charge >= 0.3 is 0 Å². The largest absolute Gasteiger partial charge is 0.382 e. The smallest absolute Gasteiger partial charge is 0.254 e. The molecular weight excluding hydrogens is 236 g/mol. The lowest BCUT2D eigenvalue weighted by Crippen LogP contribution is -2.30. The molecule has 1 N–H and O–H groups in total. The minimum absolute atomic E-state index is 0.0517. The van der Waals surface area contributed by atoms with Crippen molar-refractivity contribution in [2.24, 2.45) is 0 Å². The normalized spacial score (nSPS) is 23.8. The Hall–Kier alpha value is -1.40. The van der Waals surface area contributed by atoms with Crippen LogP contribution in [0.1, 0.15) is 19.8 Å². The monoisotopic (exact) mass is 256 g/mol. The summed E-state index contributed by atoms with van der Waals surface area (Å²) in [5.74, 6) is -0.400. The lowest BCUT2D eigenvalue weighted by atomic mass is 10.2. The summed E-state index contributed by atoms with van der Waals surface area (Å²) in [5, 5.41) is 2.10. The van der Waals surface area contributed by atoms with E-state index in [-0.39, 0.29) is 12.3 Å². The van der Waals surface area contributed by atoms with Gasteiger partial charge in [0.25, 0.3) is 5.91 Å².